The van der Waals surface area contributed by atoms with E-state index in [0.29, 0.717) is 31.6 Å². The highest BCUT2D eigenvalue weighted by Crippen LogP contribution is 2.23. The Labute approximate surface area is 191 Å². The van der Waals surface area contributed by atoms with Crippen molar-refractivity contribution in [2.24, 2.45) is 22.1 Å². The monoisotopic (exact) mass is 518 g/mol. The fourth-order valence-electron chi connectivity index (χ4n) is 2.75. The van der Waals surface area contributed by atoms with Gasteiger partial charge in [-0.3, -0.25) is 4.79 Å². The number of primary amides is 1. The fourth-order valence-corrected chi connectivity index (χ4v) is 2.75. The van der Waals surface area contributed by atoms with Gasteiger partial charge in [-0.05, 0) is 45.7 Å². The van der Waals surface area contributed by atoms with E-state index in [1.165, 1.54) is 0 Å². The number of amides is 1. The maximum Gasteiger partial charge on any atom is 0.224 e. The number of rotatable bonds is 9. The van der Waals surface area contributed by atoms with Crippen molar-refractivity contribution in [2.45, 2.75) is 40.7 Å². The predicted octanol–water partition coefficient (Wildman–Crippen LogP) is 2.59. The number of guanidine groups is 1. The maximum atomic E-state index is 11.5. The quantitative estimate of drug-likeness (QED) is 0.265. The minimum absolute atomic E-state index is 0. The van der Waals surface area contributed by atoms with Crippen molar-refractivity contribution < 1.29 is 14.3 Å². The first-order valence-electron chi connectivity index (χ1n) is 9.94. The molecule has 2 rings (SSSR count). The summed E-state index contributed by atoms with van der Waals surface area (Å²) in [5.41, 5.74) is 6.97. The second-order valence-electron chi connectivity index (χ2n) is 7.95. The van der Waals surface area contributed by atoms with E-state index in [4.69, 9.17) is 15.2 Å². The third kappa shape index (κ3) is 8.38. The highest BCUT2D eigenvalue weighted by molar-refractivity contribution is 14.0. The normalized spacial score (nSPS) is 16.8. The fraction of sp³-hybridized carbons (Fsp3) is 0.619. The molecule has 1 aromatic carbocycles. The van der Waals surface area contributed by atoms with Crippen molar-refractivity contribution in [3.63, 3.8) is 0 Å². The van der Waals surface area contributed by atoms with Crippen LogP contribution in [0.3, 0.4) is 0 Å². The largest absolute Gasteiger partial charge is 0.493 e. The molecule has 7 nitrogen and oxygen atoms in total. The number of carbonyl (C=O) groups is 1. The lowest BCUT2D eigenvalue weighted by molar-refractivity contribution is -0.125. The van der Waals surface area contributed by atoms with E-state index in [9.17, 15) is 4.79 Å². The molecule has 1 heterocycles. The molecule has 1 atom stereocenters. The lowest BCUT2D eigenvalue weighted by atomic mass is 9.93. The Balaban J connectivity index is 0.00000420. The zero-order chi connectivity index (χ0) is 20.6. The average molecular weight is 518 g/mol. The van der Waals surface area contributed by atoms with Gasteiger partial charge < -0.3 is 25.8 Å². The van der Waals surface area contributed by atoms with E-state index in [-0.39, 0.29) is 29.9 Å². The highest BCUT2D eigenvalue weighted by atomic mass is 127. The second kappa shape index (κ2) is 12.2. The number of ether oxygens (including phenoxy) is 2. The second-order valence-corrected chi connectivity index (χ2v) is 7.95. The Morgan fingerprint density at radius 2 is 2.14 bits per heavy atom. The molecule has 0 spiro atoms. The van der Waals surface area contributed by atoms with Gasteiger partial charge in [-0.25, -0.2) is 4.99 Å². The molecule has 164 valence electrons. The van der Waals surface area contributed by atoms with Crippen LogP contribution in [0.25, 0.3) is 0 Å². The molecule has 4 N–H and O–H groups in total. The van der Waals surface area contributed by atoms with Crippen LogP contribution in [0, 0.1) is 18.3 Å². The van der Waals surface area contributed by atoms with Crippen LogP contribution >= 0.6 is 24.0 Å². The minimum atomic E-state index is -0.655. The molecule has 1 aliphatic heterocycles. The first kappa shape index (κ1) is 25.5. The summed E-state index contributed by atoms with van der Waals surface area (Å²) in [6, 6.07) is 6.17. The lowest BCUT2D eigenvalue weighted by Gasteiger charge is -2.22. The number of nitrogens with one attached hydrogen (secondary N) is 2. The number of hydrogen-bond acceptors (Lipinski definition) is 4. The number of aryl methyl sites for hydroxylation is 1. The molecule has 1 fully saturated rings. The van der Waals surface area contributed by atoms with E-state index < -0.39 is 5.41 Å². The molecule has 0 aromatic heterocycles. The summed E-state index contributed by atoms with van der Waals surface area (Å²) in [7, 11) is 0. The Kier molecular flexibility index (Phi) is 10.7. The number of halogens is 1. The number of carbonyl (C=O) groups excluding carboxylic acids is 1. The van der Waals surface area contributed by atoms with Gasteiger partial charge in [-0.2, -0.15) is 0 Å². The summed E-state index contributed by atoms with van der Waals surface area (Å²) in [5.74, 6) is 1.62. The van der Waals surface area contributed by atoms with Crippen LogP contribution in [-0.2, 0) is 16.1 Å². The number of benzene rings is 1. The van der Waals surface area contributed by atoms with Gasteiger partial charge in [-0.15, -0.1) is 24.0 Å². The van der Waals surface area contributed by atoms with Gasteiger partial charge >= 0.3 is 0 Å². The molecule has 1 saturated heterocycles. The molecule has 8 heteroatoms. The van der Waals surface area contributed by atoms with Gasteiger partial charge in [0.15, 0.2) is 5.96 Å². The SMILES string of the molecule is CCNC(=NCc1ccc(C)cc1OCC1CCOC1)NCC(C)(C)C(N)=O.I. The number of nitrogens with two attached hydrogens (primary N) is 1. The minimum Gasteiger partial charge on any atom is -0.493 e. The predicted molar refractivity (Wildman–Crippen MR) is 127 cm³/mol. The highest BCUT2D eigenvalue weighted by Gasteiger charge is 2.25. The summed E-state index contributed by atoms with van der Waals surface area (Å²) in [5, 5.41) is 6.40. The molecular weight excluding hydrogens is 483 g/mol. The van der Waals surface area contributed by atoms with Crippen molar-refractivity contribution in [1.29, 1.82) is 0 Å². The first-order valence-corrected chi connectivity index (χ1v) is 9.94. The van der Waals surface area contributed by atoms with Crippen molar-refractivity contribution in [1.82, 2.24) is 10.6 Å². The number of aliphatic imine (C=N–C) groups is 1. The van der Waals surface area contributed by atoms with Crippen molar-refractivity contribution in [2.75, 3.05) is 32.9 Å². The number of nitrogens with zero attached hydrogens (tertiary/aromatic N) is 1. The molecule has 1 unspecified atom stereocenters. The van der Waals surface area contributed by atoms with Gasteiger partial charge in [-0.1, -0.05) is 12.1 Å². The van der Waals surface area contributed by atoms with Crippen LogP contribution in [0.15, 0.2) is 23.2 Å². The van der Waals surface area contributed by atoms with Crippen molar-refractivity contribution >= 4 is 35.8 Å². The van der Waals surface area contributed by atoms with E-state index in [1.807, 2.05) is 20.8 Å². The Morgan fingerprint density at radius 1 is 1.38 bits per heavy atom. The summed E-state index contributed by atoms with van der Waals surface area (Å²) >= 11 is 0. The molecule has 1 aliphatic rings. The first-order chi connectivity index (χ1) is 13.3. The van der Waals surface area contributed by atoms with E-state index in [1.54, 1.807) is 0 Å². The third-order valence-corrected chi connectivity index (χ3v) is 4.84. The van der Waals surface area contributed by atoms with E-state index in [0.717, 1.165) is 43.1 Å². The summed E-state index contributed by atoms with van der Waals surface area (Å²) in [4.78, 5) is 16.2. The lowest BCUT2D eigenvalue weighted by Crippen LogP contribution is -2.46. The Morgan fingerprint density at radius 3 is 2.76 bits per heavy atom. The molecule has 1 aromatic rings. The molecule has 1 amide bonds. The number of hydrogen-bond donors (Lipinski definition) is 3. The van der Waals surface area contributed by atoms with Crippen molar-refractivity contribution in [3.05, 3.63) is 29.3 Å². The van der Waals surface area contributed by atoms with Gasteiger partial charge in [0, 0.05) is 31.2 Å². The third-order valence-electron chi connectivity index (χ3n) is 4.84. The average Bonchev–Trinajstić information content (AvgIpc) is 3.16. The molecule has 0 bridgehead atoms. The van der Waals surface area contributed by atoms with E-state index >= 15 is 0 Å². The summed E-state index contributed by atoms with van der Waals surface area (Å²) in [6.07, 6.45) is 1.05. The molecule has 0 radical (unpaired) electrons. The van der Waals surface area contributed by atoms with Crippen LogP contribution in [-0.4, -0.2) is 44.8 Å². The van der Waals surface area contributed by atoms with Crippen LogP contribution < -0.4 is 21.1 Å². The molecule has 0 saturated carbocycles. The summed E-state index contributed by atoms with van der Waals surface area (Å²) < 4.78 is 11.5. The van der Waals surface area contributed by atoms with Gasteiger partial charge in [0.25, 0.3) is 0 Å². The topological polar surface area (TPSA) is 98.0 Å². The van der Waals surface area contributed by atoms with E-state index in [2.05, 4.69) is 40.7 Å². The maximum absolute atomic E-state index is 11.5. The van der Waals surface area contributed by atoms with Gasteiger partial charge in [0.05, 0.1) is 25.2 Å². The van der Waals surface area contributed by atoms with Crippen LogP contribution in [0.5, 0.6) is 5.75 Å². The van der Waals surface area contributed by atoms with Gasteiger partial charge in [0.1, 0.15) is 5.75 Å². The van der Waals surface area contributed by atoms with Crippen LogP contribution in [0.4, 0.5) is 0 Å². The molecule has 29 heavy (non-hydrogen) atoms. The smallest absolute Gasteiger partial charge is 0.224 e. The Hall–Kier alpha value is -1.55. The van der Waals surface area contributed by atoms with Gasteiger partial charge in [0.2, 0.25) is 5.91 Å². The Bertz CT molecular complexity index is 689. The van der Waals surface area contributed by atoms with Crippen LogP contribution in [0.2, 0.25) is 0 Å². The zero-order valence-corrected chi connectivity index (χ0v) is 20.2. The zero-order valence-electron chi connectivity index (χ0n) is 17.9. The molecular formula is C21H35IN4O3. The summed E-state index contributed by atoms with van der Waals surface area (Å²) in [6.45, 7) is 11.5. The van der Waals surface area contributed by atoms with Crippen molar-refractivity contribution in [3.8, 4) is 5.75 Å². The standard InChI is InChI=1S/C21H34N4O3.HI/c1-5-23-20(25-14-21(3,4)19(22)26)24-11-17-7-6-15(2)10-18(17)28-13-16-8-9-27-12-16;/h6-7,10,16H,5,8-9,11-14H2,1-4H3,(H2,22,26)(H2,23,24,25);1H. The van der Waals surface area contributed by atoms with Crippen LogP contribution in [0.1, 0.15) is 38.3 Å². The molecule has 0 aliphatic carbocycles.